The van der Waals surface area contributed by atoms with Gasteiger partial charge in [0, 0.05) is 0 Å². The predicted molar refractivity (Wildman–Crippen MR) is 66.4 cm³/mol. The van der Waals surface area contributed by atoms with Crippen LogP contribution in [0, 0.1) is 17.3 Å². The molecule has 0 spiro atoms. The molecule has 0 aromatic rings. The highest BCUT2D eigenvalue weighted by Crippen LogP contribution is 2.64. The molecule has 16 heavy (non-hydrogen) atoms. The van der Waals surface area contributed by atoms with Gasteiger partial charge in [0.1, 0.15) is 4.49 Å². The molecule has 1 aliphatic carbocycles. The zero-order valence-corrected chi connectivity index (χ0v) is 11.4. The van der Waals surface area contributed by atoms with Crippen molar-refractivity contribution in [3.8, 4) is 0 Å². The summed E-state index contributed by atoms with van der Waals surface area (Å²) < 4.78 is 5.32. The van der Waals surface area contributed by atoms with Gasteiger partial charge in [-0.05, 0) is 37.2 Å². The minimum absolute atomic E-state index is 0.00127. The molecule has 92 valence electrons. The molecule has 4 heteroatoms. The van der Waals surface area contributed by atoms with E-state index < -0.39 is 0 Å². The number of rotatable bonds is 5. The Morgan fingerprint density at radius 1 is 1.31 bits per heavy atom. The molecule has 0 bridgehead atoms. The molecular formula is C12H18Cl2O2. The zero-order chi connectivity index (χ0) is 12.3. The lowest BCUT2D eigenvalue weighted by atomic mass is 9.95. The van der Waals surface area contributed by atoms with Gasteiger partial charge in [-0.2, -0.15) is 0 Å². The molecule has 1 saturated carbocycles. The number of esters is 1. The van der Waals surface area contributed by atoms with Crippen LogP contribution in [0.4, 0.5) is 0 Å². The maximum atomic E-state index is 11.8. The zero-order valence-electron chi connectivity index (χ0n) is 9.93. The summed E-state index contributed by atoms with van der Waals surface area (Å²) in [7, 11) is 0. The van der Waals surface area contributed by atoms with Gasteiger partial charge in [0.2, 0.25) is 0 Å². The highest BCUT2D eigenvalue weighted by molar-refractivity contribution is 6.55. The van der Waals surface area contributed by atoms with Crippen molar-refractivity contribution < 1.29 is 9.53 Å². The number of allylic oxidation sites excluding steroid dienone is 1. The van der Waals surface area contributed by atoms with Crippen LogP contribution in [0.1, 0.15) is 33.6 Å². The fourth-order valence-corrected chi connectivity index (χ4v) is 2.97. The monoisotopic (exact) mass is 264 g/mol. The lowest BCUT2D eigenvalue weighted by Gasteiger charge is -2.11. The fourth-order valence-electron chi connectivity index (χ4n) is 2.70. The molecule has 1 aliphatic rings. The summed E-state index contributed by atoms with van der Waals surface area (Å²) in [6.07, 6.45) is 3.65. The van der Waals surface area contributed by atoms with Crippen molar-refractivity contribution in [3.05, 3.63) is 10.6 Å². The number of carbonyl (C=O) groups is 1. The van der Waals surface area contributed by atoms with E-state index in [1.165, 1.54) is 0 Å². The Kier molecular flexibility index (Phi) is 4.69. The number of hydrogen-bond acceptors (Lipinski definition) is 2. The normalized spacial score (nSPS) is 26.1. The van der Waals surface area contributed by atoms with Gasteiger partial charge in [-0.25, -0.2) is 0 Å². The van der Waals surface area contributed by atoms with Crippen molar-refractivity contribution in [2.45, 2.75) is 33.6 Å². The van der Waals surface area contributed by atoms with Crippen LogP contribution in [0.2, 0.25) is 0 Å². The topological polar surface area (TPSA) is 26.3 Å². The molecule has 0 amide bonds. The first kappa shape index (κ1) is 13.9. The van der Waals surface area contributed by atoms with Crippen molar-refractivity contribution in [2.75, 3.05) is 6.61 Å². The molecule has 0 aliphatic heterocycles. The number of carbonyl (C=O) groups excluding carboxylic acids is 1. The van der Waals surface area contributed by atoms with Crippen LogP contribution >= 0.6 is 23.2 Å². The molecule has 0 heterocycles. The van der Waals surface area contributed by atoms with Crippen LogP contribution < -0.4 is 0 Å². The van der Waals surface area contributed by atoms with Crippen LogP contribution in [0.15, 0.2) is 10.6 Å². The van der Waals surface area contributed by atoms with Crippen LogP contribution in [0.25, 0.3) is 0 Å². The minimum atomic E-state index is -0.123. The molecule has 0 saturated heterocycles. The Labute approximate surface area is 107 Å². The van der Waals surface area contributed by atoms with Gasteiger partial charge in [-0.15, -0.1) is 0 Å². The summed E-state index contributed by atoms with van der Waals surface area (Å²) in [5, 5.41) is 0. The van der Waals surface area contributed by atoms with Crippen LogP contribution in [-0.2, 0) is 9.53 Å². The Hall–Kier alpha value is -0.210. The lowest BCUT2D eigenvalue weighted by Crippen LogP contribution is -2.12. The third-order valence-corrected chi connectivity index (χ3v) is 3.95. The molecule has 0 aromatic carbocycles. The summed E-state index contributed by atoms with van der Waals surface area (Å²) >= 11 is 11.4. The van der Waals surface area contributed by atoms with Gasteiger partial charge in [0.05, 0.1) is 12.5 Å². The van der Waals surface area contributed by atoms with Crippen molar-refractivity contribution >= 4 is 29.2 Å². The first-order valence-electron chi connectivity index (χ1n) is 5.72. The predicted octanol–water partition coefficient (Wildman–Crippen LogP) is 3.92. The second-order valence-electron chi connectivity index (χ2n) is 4.15. The second kappa shape index (κ2) is 5.42. The molecule has 1 rings (SSSR count). The van der Waals surface area contributed by atoms with Crippen molar-refractivity contribution in [1.82, 2.24) is 0 Å². The van der Waals surface area contributed by atoms with E-state index in [9.17, 15) is 4.79 Å². The average molecular weight is 265 g/mol. The Balaban J connectivity index is 2.83. The first-order chi connectivity index (χ1) is 7.53. The third-order valence-electron chi connectivity index (χ3n) is 3.70. The van der Waals surface area contributed by atoms with Crippen LogP contribution in [-0.4, -0.2) is 12.6 Å². The van der Waals surface area contributed by atoms with E-state index >= 15 is 0 Å². The smallest absolute Gasteiger partial charge is 0.310 e. The first-order valence-corrected chi connectivity index (χ1v) is 6.48. The summed E-state index contributed by atoms with van der Waals surface area (Å²) in [5.74, 6) is -0.0662. The quantitative estimate of drug-likeness (QED) is 0.704. The molecule has 0 N–H and O–H groups in total. The number of hydrogen-bond donors (Lipinski definition) is 0. The van der Waals surface area contributed by atoms with E-state index in [-0.39, 0.29) is 27.7 Å². The van der Waals surface area contributed by atoms with E-state index in [0.29, 0.717) is 6.61 Å². The van der Waals surface area contributed by atoms with E-state index in [0.717, 1.165) is 12.8 Å². The van der Waals surface area contributed by atoms with Gasteiger partial charge in [0.15, 0.2) is 0 Å². The highest BCUT2D eigenvalue weighted by Gasteiger charge is 2.65. The molecule has 2 nitrogen and oxygen atoms in total. The maximum Gasteiger partial charge on any atom is 0.310 e. The standard InChI is InChI=1S/C12H18Cl2O2/c1-4-12(5-2)8(7-9(13)14)10(12)11(15)16-6-3/h7-8,10H,4-6H2,1-3H3. The SMILES string of the molecule is CCOC(=O)C1C(C=C(Cl)Cl)C1(CC)CC. The second-order valence-corrected chi connectivity index (χ2v) is 5.16. The van der Waals surface area contributed by atoms with E-state index in [2.05, 4.69) is 13.8 Å². The van der Waals surface area contributed by atoms with E-state index in [1.807, 2.05) is 6.92 Å². The Bertz CT molecular complexity index is 291. The van der Waals surface area contributed by atoms with Crippen LogP contribution in [0.5, 0.6) is 0 Å². The maximum absolute atomic E-state index is 11.8. The van der Waals surface area contributed by atoms with Crippen molar-refractivity contribution in [1.29, 1.82) is 0 Å². The van der Waals surface area contributed by atoms with E-state index in [4.69, 9.17) is 27.9 Å². The van der Waals surface area contributed by atoms with Gasteiger partial charge in [-0.3, -0.25) is 4.79 Å². The van der Waals surface area contributed by atoms with Crippen molar-refractivity contribution in [2.24, 2.45) is 17.3 Å². The summed E-state index contributed by atoms with van der Waals surface area (Å²) in [6.45, 7) is 6.42. The van der Waals surface area contributed by atoms with Crippen LogP contribution in [0.3, 0.4) is 0 Å². The summed E-state index contributed by atoms with van der Waals surface area (Å²) in [6, 6.07) is 0. The molecule has 2 atom stereocenters. The number of halogens is 2. The fraction of sp³-hybridized carbons (Fsp3) is 0.750. The minimum Gasteiger partial charge on any atom is -0.466 e. The van der Waals surface area contributed by atoms with Gasteiger partial charge in [0.25, 0.3) is 0 Å². The Morgan fingerprint density at radius 3 is 2.25 bits per heavy atom. The largest absolute Gasteiger partial charge is 0.466 e. The summed E-state index contributed by atoms with van der Waals surface area (Å²) in [5.41, 5.74) is 0.00127. The van der Waals surface area contributed by atoms with E-state index in [1.54, 1.807) is 6.08 Å². The lowest BCUT2D eigenvalue weighted by molar-refractivity contribution is -0.145. The third kappa shape index (κ3) is 2.38. The highest BCUT2D eigenvalue weighted by atomic mass is 35.5. The molecule has 1 fully saturated rings. The number of ether oxygens (including phenoxy) is 1. The van der Waals surface area contributed by atoms with Gasteiger partial charge < -0.3 is 4.74 Å². The molecule has 0 aromatic heterocycles. The molecular weight excluding hydrogens is 247 g/mol. The van der Waals surface area contributed by atoms with Gasteiger partial charge >= 0.3 is 5.97 Å². The average Bonchev–Trinajstić information content (AvgIpc) is 2.86. The van der Waals surface area contributed by atoms with Crippen molar-refractivity contribution in [3.63, 3.8) is 0 Å². The molecule has 2 unspecified atom stereocenters. The summed E-state index contributed by atoms with van der Waals surface area (Å²) in [4.78, 5) is 11.8. The molecule has 0 radical (unpaired) electrons. The Morgan fingerprint density at radius 2 is 1.88 bits per heavy atom. The van der Waals surface area contributed by atoms with Gasteiger partial charge in [-0.1, -0.05) is 37.0 Å².